The number of rotatable bonds is 7. The van der Waals surface area contributed by atoms with Gasteiger partial charge in [-0.1, -0.05) is 13.3 Å². The van der Waals surface area contributed by atoms with Gasteiger partial charge in [-0.25, -0.2) is 0 Å². The third kappa shape index (κ3) is 7.88. The van der Waals surface area contributed by atoms with Crippen LogP contribution in [0.25, 0.3) is 0 Å². The molecule has 0 saturated heterocycles. The number of unbranched alkanes of at least 4 members (excludes halogenated alkanes) is 1. The zero-order valence-corrected chi connectivity index (χ0v) is 6.85. The van der Waals surface area contributed by atoms with Crippen molar-refractivity contribution in [3.63, 3.8) is 0 Å². The van der Waals surface area contributed by atoms with E-state index in [-0.39, 0.29) is 0 Å². The molecule has 0 aromatic rings. The van der Waals surface area contributed by atoms with Gasteiger partial charge in [0.15, 0.2) is 0 Å². The maximum atomic E-state index is 5.18. The Hall–Kier alpha value is -0.120. The van der Waals surface area contributed by atoms with Gasteiger partial charge in [-0.15, -0.1) is 0 Å². The van der Waals surface area contributed by atoms with Crippen molar-refractivity contribution in [1.82, 2.24) is 5.32 Å². The molecule has 0 aromatic carbocycles. The molecule has 0 spiro atoms. The topological polar surface area (TPSA) is 30.5 Å². The second-order valence-electron chi connectivity index (χ2n) is 2.09. The van der Waals surface area contributed by atoms with Crippen LogP contribution >= 0.6 is 0 Å². The summed E-state index contributed by atoms with van der Waals surface area (Å²) in [6.07, 6.45) is 2.32. The van der Waals surface area contributed by atoms with Crippen molar-refractivity contribution in [2.75, 3.05) is 27.2 Å². The molecule has 0 heterocycles. The second-order valence-corrected chi connectivity index (χ2v) is 2.09. The van der Waals surface area contributed by atoms with Gasteiger partial charge in [0.1, 0.15) is 0 Å². The van der Waals surface area contributed by atoms with E-state index in [1.165, 1.54) is 6.42 Å². The highest BCUT2D eigenvalue weighted by Crippen LogP contribution is 1.85. The average Bonchev–Trinajstić information content (AvgIpc) is 1.97. The summed E-state index contributed by atoms with van der Waals surface area (Å²) in [6.45, 7) is 4.14. The van der Waals surface area contributed by atoms with Crippen LogP contribution < -0.4 is 5.32 Å². The molecule has 0 rings (SSSR count). The van der Waals surface area contributed by atoms with Crippen LogP contribution in [0.4, 0.5) is 0 Å². The molecule has 10 heavy (non-hydrogen) atoms. The molecule has 3 nitrogen and oxygen atoms in total. The van der Waals surface area contributed by atoms with E-state index in [4.69, 9.17) is 9.47 Å². The Labute approximate surface area is 62.7 Å². The van der Waals surface area contributed by atoms with E-state index in [2.05, 4.69) is 12.2 Å². The summed E-state index contributed by atoms with van der Waals surface area (Å²) in [6, 6.07) is 0. The number of nitrogens with one attached hydrogen (secondary N) is 1. The van der Waals surface area contributed by atoms with Gasteiger partial charge in [-0.05, 0) is 6.42 Å². The Morgan fingerprint density at radius 2 is 2.10 bits per heavy atom. The quantitative estimate of drug-likeness (QED) is 0.429. The highest BCUT2D eigenvalue weighted by Gasteiger charge is 1.84. The lowest BCUT2D eigenvalue weighted by atomic mass is 10.4. The van der Waals surface area contributed by atoms with E-state index in [1.54, 1.807) is 7.11 Å². The fourth-order valence-corrected chi connectivity index (χ4v) is 0.534. The minimum atomic E-state index is 0.562. The van der Waals surface area contributed by atoms with Gasteiger partial charge in [-0.2, -0.15) is 0 Å². The van der Waals surface area contributed by atoms with Crippen molar-refractivity contribution in [3.05, 3.63) is 0 Å². The Bertz CT molecular complexity index is 51.6. The molecule has 62 valence electrons. The van der Waals surface area contributed by atoms with Gasteiger partial charge in [0.05, 0.1) is 13.5 Å². The molecule has 0 atom stereocenters. The zero-order chi connectivity index (χ0) is 7.66. The van der Waals surface area contributed by atoms with Crippen molar-refractivity contribution in [1.29, 1.82) is 0 Å². The maximum Gasteiger partial charge on any atom is 0.0982 e. The minimum Gasteiger partial charge on any atom is -0.369 e. The van der Waals surface area contributed by atoms with Crippen LogP contribution in [0.15, 0.2) is 0 Å². The summed E-state index contributed by atoms with van der Waals surface area (Å²) in [5.41, 5.74) is 0. The predicted molar refractivity (Wildman–Crippen MR) is 40.7 cm³/mol. The highest BCUT2D eigenvalue weighted by atomic mass is 16.5. The lowest BCUT2D eigenvalue weighted by molar-refractivity contribution is 0.0774. The maximum absolute atomic E-state index is 5.18. The lowest BCUT2D eigenvalue weighted by Crippen LogP contribution is -2.20. The molecule has 0 radical (unpaired) electrons. The summed E-state index contributed by atoms with van der Waals surface area (Å²) < 4.78 is 9.94. The molecule has 0 unspecified atom stereocenters. The van der Waals surface area contributed by atoms with Crippen LogP contribution in [0.1, 0.15) is 19.8 Å². The molecule has 1 N–H and O–H groups in total. The van der Waals surface area contributed by atoms with Gasteiger partial charge in [0.2, 0.25) is 0 Å². The fourth-order valence-electron chi connectivity index (χ4n) is 0.534. The van der Waals surface area contributed by atoms with Gasteiger partial charge < -0.3 is 9.47 Å². The summed E-state index contributed by atoms with van der Waals surface area (Å²) >= 11 is 0. The second kappa shape index (κ2) is 8.88. The van der Waals surface area contributed by atoms with Gasteiger partial charge in [0, 0.05) is 13.7 Å². The Morgan fingerprint density at radius 3 is 2.70 bits per heavy atom. The van der Waals surface area contributed by atoms with Crippen LogP contribution in [0.5, 0.6) is 0 Å². The summed E-state index contributed by atoms with van der Waals surface area (Å²) in [5.74, 6) is 0. The number of hydrogen-bond acceptors (Lipinski definition) is 3. The van der Waals surface area contributed by atoms with E-state index < -0.39 is 0 Å². The first kappa shape index (κ1) is 9.88. The normalized spacial score (nSPS) is 10.2. The van der Waals surface area contributed by atoms with Crippen molar-refractivity contribution >= 4 is 0 Å². The SMILES string of the molecule is CCCCOCNCOC. The Kier molecular flexibility index (Phi) is 8.77. The third-order valence-corrected chi connectivity index (χ3v) is 1.09. The molecular weight excluding hydrogens is 130 g/mol. The van der Waals surface area contributed by atoms with E-state index >= 15 is 0 Å². The van der Waals surface area contributed by atoms with Crippen molar-refractivity contribution < 1.29 is 9.47 Å². The number of hydrogen-bond donors (Lipinski definition) is 1. The smallest absolute Gasteiger partial charge is 0.0982 e. The number of methoxy groups -OCH3 is 1. The highest BCUT2D eigenvalue weighted by molar-refractivity contribution is 4.30. The standard InChI is InChI=1S/C7H17NO2/c1-3-4-5-10-7-8-6-9-2/h8H,3-7H2,1-2H3. The van der Waals surface area contributed by atoms with E-state index in [0.717, 1.165) is 13.0 Å². The van der Waals surface area contributed by atoms with E-state index in [9.17, 15) is 0 Å². The molecular formula is C7H17NO2. The molecule has 0 amide bonds. The van der Waals surface area contributed by atoms with Gasteiger partial charge in [-0.3, -0.25) is 5.32 Å². The van der Waals surface area contributed by atoms with Gasteiger partial charge in [0.25, 0.3) is 0 Å². The first-order valence-corrected chi connectivity index (χ1v) is 3.69. The summed E-state index contributed by atoms with van der Waals surface area (Å²) in [7, 11) is 1.65. The van der Waals surface area contributed by atoms with Crippen molar-refractivity contribution in [2.45, 2.75) is 19.8 Å². The van der Waals surface area contributed by atoms with E-state index in [0.29, 0.717) is 13.5 Å². The predicted octanol–water partition coefficient (Wildman–Crippen LogP) is 0.954. The fraction of sp³-hybridized carbons (Fsp3) is 1.00. The first-order chi connectivity index (χ1) is 4.91. The van der Waals surface area contributed by atoms with Gasteiger partial charge >= 0.3 is 0 Å². The molecule has 0 aliphatic carbocycles. The van der Waals surface area contributed by atoms with Crippen LogP contribution in [-0.4, -0.2) is 27.2 Å². The van der Waals surface area contributed by atoms with Crippen LogP contribution in [0, 0.1) is 0 Å². The molecule has 0 saturated carbocycles. The molecule has 3 heteroatoms. The average molecular weight is 147 g/mol. The first-order valence-electron chi connectivity index (χ1n) is 3.69. The van der Waals surface area contributed by atoms with Crippen molar-refractivity contribution in [2.24, 2.45) is 0 Å². The Balaban J connectivity index is 2.65. The van der Waals surface area contributed by atoms with Crippen LogP contribution in [0.2, 0.25) is 0 Å². The zero-order valence-electron chi connectivity index (χ0n) is 6.85. The third-order valence-electron chi connectivity index (χ3n) is 1.09. The van der Waals surface area contributed by atoms with Crippen LogP contribution in [-0.2, 0) is 9.47 Å². The lowest BCUT2D eigenvalue weighted by Gasteiger charge is -2.03. The molecule has 0 aromatic heterocycles. The summed E-state index contributed by atoms with van der Waals surface area (Å²) in [4.78, 5) is 0. The summed E-state index contributed by atoms with van der Waals surface area (Å²) in [5, 5.41) is 2.95. The monoisotopic (exact) mass is 147 g/mol. The Morgan fingerprint density at radius 1 is 1.30 bits per heavy atom. The molecule has 0 bridgehead atoms. The van der Waals surface area contributed by atoms with Crippen LogP contribution in [0.3, 0.4) is 0 Å². The molecule has 0 fully saturated rings. The largest absolute Gasteiger partial charge is 0.369 e. The molecule has 0 aliphatic rings. The molecule has 0 aliphatic heterocycles. The minimum absolute atomic E-state index is 0.562. The van der Waals surface area contributed by atoms with Crippen molar-refractivity contribution in [3.8, 4) is 0 Å². The number of ether oxygens (including phenoxy) is 2. The van der Waals surface area contributed by atoms with E-state index in [1.807, 2.05) is 0 Å².